The van der Waals surface area contributed by atoms with Crippen molar-refractivity contribution >= 4 is 17.7 Å². The van der Waals surface area contributed by atoms with E-state index in [2.05, 4.69) is 5.32 Å². The maximum atomic E-state index is 12.3. The quantitative estimate of drug-likeness (QED) is 0.689. The van der Waals surface area contributed by atoms with Gasteiger partial charge in [0.05, 0.1) is 12.8 Å². The van der Waals surface area contributed by atoms with Crippen LogP contribution in [-0.2, 0) is 4.79 Å². The van der Waals surface area contributed by atoms with E-state index in [0.29, 0.717) is 11.4 Å². The number of anilines is 1. The molecule has 0 unspecified atom stereocenters. The minimum Gasteiger partial charge on any atom is -0.495 e. The molecular weight excluding hydrogens is 288 g/mol. The highest BCUT2D eigenvalue weighted by Crippen LogP contribution is 2.23. The summed E-state index contributed by atoms with van der Waals surface area (Å²) in [4.78, 5) is 12.3. The van der Waals surface area contributed by atoms with Gasteiger partial charge < -0.3 is 10.1 Å². The van der Waals surface area contributed by atoms with Gasteiger partial charge in [-0.25, -0.2) is 0 Å². The van der Waals surface area contributed by atoms with Gasteiger partial charge >= 0.3 is 0 Å². The zero-order chi connectivity index (χ0) is 16.8. The number of para-hydroxylation sites is 2. The van der Waals surface area contributed by atoms with Gasteiger partial charge in [0.2, 0.25) is 0 Å². The summed E-state index contributed by atoms with van der Waals surface area (Å²) < 4.78 is 5.19. The van der Waals surface area contributed by atoms with Crippen molar-refractivity contribution in [2.24, 2.45) is 0 Å². The molecule has 0 fully saturated rings. The van der Waals surface area contributed by atoms with Crippen molar-refractivity contribution in [2.75, 3.05) is 12.4 Å². The molecule has 116 valence electrons. The fourth-order valence-electron chi connectivity index (χ4n) is 2.11. The number of methoxy groups -OCH3 is 1. The summed E-state index contributed by atoms with van der Waals surface area (Å²) in [6.07, 6.45) is 1.58. The van der Waals surface area contributed by atoms with Crippen molar-refractivity contribution in [3.8, 4) is 11.8 Å². The number of carbonyl (C=O) groups excluding carboxylic acids is 1. The average Bonchev–Trinajstić information content (AvgIpc) is 2.56. The molecule has 0 saturated heterocycles. The molecule has 0 bridgehead atoms. The second kappa shape index (κ2) is 7.28. The molecule has 0 aromatic heterocycles. The highest BCUT2D eigenvalue weighted by atomic mass is 16.5. The Morgan fingerprint density at radius 3 is 2.57 bits per heavy atom. The van der Waals surface area contributed by atoms with E-state index in [-0.39, 0.29) is 5.57 Å². The molecule has 0 aliphatic rings. The van der Waals surface area contributed by atoms with Gasteiger partial charge in [-0.1, -0.05) is 30.3 Å². The van der Waals surface area contributed by atoms with E-state index >= 15 is 0 Å². The van der Waals surface area contributed by atoms with Crippen LogP contribution >= 0.6 is 0 Å². The third kappa shape index (κ3) is 3.98. The largest absolute Gasteiger partial charge is 0.495 e. The molecule has 2 rings (SSSR count). The predicted octanol–water partition coefficient (Wildman–Crippen LogP) is 3.86. The fraction of sp³-hybridized carbons (Fsp3) is 0.158. The molecule has 2 aromatic rings. The average molecular weight is 306 g/mol. The Balaban J connectivity index is 2.26. The number of aryl methyl sites for hydroxylation is 2. The van der Waals surface area contributed by atoms with E-state index in [1.54, 1.807) is 24.3 Å². The van der Waals surface area contributed by atoms with Gasteiger partial charge in [-0.3, -0.25) is 4.79 Å². The molecule has 0 heterocycles. The number of amides is 1. The third-order valence-electron chi connectivity index (χ3n) is 3.56. The van der Waals surface area contributed by atoms with E-state index in [1.807, 2.05) is 44.2 Å². The van der Waals surface area contributed by atoms with E-state index < -0.39 is 5.91 Å². The smallest absolute Gasteiger partial charge is 0.266 e. The molecule has 0 saturated carbocycles. The lowest BCUT2D eigenvalue weighted by atomic mass is 10.0. The van der Waals surface area contributed by atoms with E-state index in [4.69, 9.17) is 4.74 Å². The zero-order valence-electron chi connectivity index (χ0n) is 13.4. The molecule has 2 aromatic carbocycles. The summed E-state index contributed by atoms with van der Waals surface area (Å²) in [7, 11) is 1.53. The first kappa shape index (κ1) is 16.3. The maximum Gasteiger partial charge on any atom is 0.266 e. The van der Waals surface area contributed by atoms with Crippen LogP contribution in [0.3, 0.4) is 0 Å². The van der Waals surface area contributed by atoms with Crippen molar-refractivity contribution in [1.29, 1.82) is 5.26 Å². The van der Waals surface area contributed by atoms with Crippen LogP contribution in [0.15, 0.2) is 48.0 Å². The normalized spacial score (nSPS) is 10.8. The molecule has 0 radical (unpaired) electrons. The first-order valence-corrected chi connectivity index (χ1v) is 7.18. The van der Waals surface area contributed by atoms with E-state index in [1.165, 1.54) is 12.7 Å². The van der Waals surface area contributed by atoms with Crippen molar-refractivity contribution in [1.82, 2.24) is 0 Å². The Kier molecular flexibility index (Phi) is 5.16. The second-order valence-electron chi connectivity index (χ2n) is 5.17. The van der Waals surface area contributed by atoms with Gasteiger partial charge in [0.15, 0.2) is 0 Å². The molecule has 4 nitrogen and oxygen atoms in total. The second-order valence-corrected chi connectivity index (χ2v) is 5.17. The molecule has 0 atom stereocenters. The maximum absolute atomic E-state index is 12.3. The van der Waals surface area contributed by atoms with Gasteiger partial charge in [-0.05, 0) is 48.7 Å². The lowest BCUT2D eigenvalue weighted by molar-refractivity contribution is -0.112. The summed E-state index contributed by atoms with van der Waals surface area (Å²) in [6.45, 7) is 4.01. The van der Waals surface area contributed by atoms with Crippen LogP contribution in [0.2, 0.25) is 0 Å². The van der Waals surface area contributed by atoms with Crippen molar-refractivity contribution in [3.63, 3.8) is 0 Å². The molecule has 0 aliphatic heterocycles. The predicted molar refractivity (Wildman–Crippen MR) is 91.1 cm³/mol. The number of nitriles is 1. The highest BCUT2D eigenvalue weighted by Gasteiger charge is 2.12. The standard InChI is InChI=1S/C19H18N2O2/c1-13-8-9-15(10-14(13)2)11-16(12-20)19(22)21-17-6-4-5-7-18(17)23-3/h4-11H,1-3H3,(H,21,22)/b16-11+. The Labute approximate surface area is 136 Å². The first-order valence-electron chi connectivity index (χ1n) is 7.18. The van der Waals surface area contributed by atoms with Crippen molar-refractivity contribution in [2.45, 2.75) is 13.8 Å². The number of rotatable bonds is 4. The summed E-state index contributed by atoms with van der Waals surface area (Å²) in [5.74, 6) is 0.0829. The van der Waals surface area contributed by atoms with Crippen LogP contribution < -0.4 is 10.1 Å². The Bertz CT molecular complexity index is 801. The van der Waals surface area contributed by atoms with Crippen LogP contribution in [0.4, 0.5) is 5.69 Å². The van der Waals surface area contributed by atoms with Crippen molar-refractivity contribution < 1.29 is 9.53 Å². The molecule has 1 N–H and O–H groups in total. The summed E-state index contributed by atoms with van der Waals surface area (Å²) in [6, 6.07) is 14.8. The van der Waals surface area contributed by atoms with E-state index in [9.17, 15) is 10.1 Å². The number of nitrogens with one attached hydrogen (secondary N) is 1. The lowest BCUT2D eigenvalue weighted by Gasteiger charge is -2.09. The molecule has 0 spiro atoms. The molecule has 23 heavy (non-hydrogen) atoms. The SMILES string of the molecule is COc1ccccc1NC(=O)/C(C#N)=C/c1ccc(C)c(C)c1. The Hall–Kier alpha value is -3.06. The molecule has 4 heteroatoms. The first-order chi connectivity index (χ1) is 11.0. The number of benzene rings is 2. The van der Waals surface area contributed by atoms with Gasteiger partial charge in [-0.2, -0.15) is 5.26 Å². The van der Waals surface area contributed by atoms with Crippen LogP contribution in [-0.4, -0.2) is 13.0 Å². The minimum absolute atomic E-state index is 0.0409. The Morgan fingerprint density at radius 1 is 1.17 bits per heavy atom. The third-order valence-corrected chi connectivity index (χ3v) is 3.56. The summed E-state index contributed by atoms with van der Waals surface area (Å²) in [5, 5.41) is 12.0. The summed E-state index contributed by atoms with van der Waals surface area (Å²) in [5.41, 5.74) is 3.67. The summed E-state index contributed by atoms with van der Waals surface area (Å²) >= 11 is 0. The Morgan fingerprint density at radius 2 is 1.91 bits per heavy atom. The van der Waals surface area contributed by atoms with Crippen LogP contribution in [0.25, 0.3) is 6.08 Å². The van der Waals surface area contributed by atoms with E-state index in [0.717, 1.165) is 11.1 Å². The number of hydrogen-bond acceptors (Lipinski definition) is 3. The van der Waals surface area contributed by atoms with Gasteiger partial charge in [0.1, 0.15) is 17.4 Å². The van der Waals surface area contributed by atoms with Crippen LogP contribution in [0, 0.1) is 25.2 Å². The van der Waals surface area contributed by atoms with Crippen LogP contribution in [0.1, 0.15) is 16.7 Å². The monoisotopic (exact) mass is 306 g/mol. The van der Waals surface area contributed by atoms with Gasteiger partial charge in [0, 0.05) is 0 Å². The molecular formula is C19H18N2O2. The van der Waals surface area contributed by atoms with Gasteiger partial charge in [0.25, 0.3) is 5.91 Å². The molecule has 1 amide bonds. The zero-order valence-corrected chi connectivity index (χ0v) is 13.4. The number of ether oxygens (including phenoxy) is 1. The minimum atomic E-state index is -0.463. The van der Waals surface area contributed by atoms with Crippen LogP contribution in [0.5, 0.6) is 5.75 Å². The number of nitrogens with zero attached hydrogens (tertiary/aromatic N) is 1. The lowest BCUT2D eigenvalue weighted by Crippen LogP contribution is -2.14. The number of hydrogen-bond donors (Lipinski definition) is 1. The fourth-order valence-corrected chi connectivity index (χ4v) is 2.11. The topological polar surface area (TPSA) is 62.1 Å². The molecule has 0 aliphatic carbocycles. The number of carbonyl (C=O) groups is 1. The van der Waals surface area contributed by atoms with Crippen molar-refractivity contribution in [3.05, 3.63) is 64.7 Å². The highest BCUT2D eigenvalue weighted by molar-refractivity contribution is 6.10. The van der Waals surface area contributed by atoms with Gasteiger partial charge in [-0.15, -0.1) is 0 Å².